The molecule has 2 aromatic rings. The number of amides is 1. The maximum absolute atomic E-state index is 12.9. The van der Waals surface area contributed by atoms with Crippen molar-refractivity contribution in [2.75, 3.05) is 26.9 Å². The number of aliphatic hydroxyl groups excluding tert-OH is 1. The third-order valence-electron chi connectivity index (χ3n) is 4.79. The number of aliphatic hydroxyl groups is 1. The lowest BCUT2D eigenvalue weighted by Gasteiger charge is -2.25. The Bertz CT molecular complexity index is 940. The Kier molecular flexibility index (Phi) is 6.84. The summed E-state index contributed by atoms with van der Waals surface area (Å²) in [6.45, 7) is 5.14. The number of likely N-dealkylation sites (tertiary alicyclic amines) is 1. The van der Waals surface area contributed by atoms with Crippen LogP contribution in [0.25, 0.3) is 5.76 Å². The molecule has 0 radical (unpaired) electrons. The molecule has 1 aromatic heterocycles. The molecule has 0 spiro atoms. The number of ketones is 1. The zero-order valence-electron chi connectivity index (χ0n) is 17.4. The fraction of sp³-hybridized carbons (Fsp3) is 0.348. The van der Waals surface area contributed by atoms with E-state index in [0.29, 0.717) is 29.4 Å². The van der Waals surface area contributed by atoms with Crippen LogP contribution in [0.5, 0.6) is 5.75 Å². The van der Waals surface area contributed by atoms with Gasteiger partial charge in [-0.25, -0.2) is 0 Å². The van der Waals surface area contributed by atoms with Crippen LogP contribution in [0, 0.1) is 5.92 Å². The molecule has 30 heavy (non-hydrogen) atoms. The summed E-state index contributed by atoms with van der Waals surface area (Å²) >= 11 is 0. The fourth-order valence-electron chi connectivity index (χ4n) is 3.35. The van der Waals surface area contributed by atoms with Crippen LogP contribution in [-0.4, -0.2) is 53.5 Å². The Balaban J connectivity index is 2.09. The summed E-state index contributed by atoms with van der Waals surface area (Å²) < 4.78 is 10.9. The molecule has 7 nitrogen and oxygen atoms in total. The zero-order valence-corrected chi connectivity index (χ0v) is 17.4. The first-order valence-corrected chi connectivity index (χ1v) is 9.84. The molecule has 1 aliphatic rings. The fourth-order valence-corrected chi connectivity index (χ4v) is 3.35. The van der Waals surface area contributed by atoms with Crippen LogP contribution in [0.15, 0.2) is 54.4 Å². The van der Waals surface area contributed by atoms with E-state index in [1.807, 2.05) is 18.2 Å². The first-order chi connectivity index (χ1) is 14.4. The van der Waals surface area contributed by atoms with Gasteiger partial charge in [-0.15, -0.1) is 0 Å². The minimum atomic E-state index is -0.740. The Morgan fingerprint density at radius 2 is 1.93 bits per heavy atom. The minimum Gasteiger partial charge on any atom is -0.507 e. The molecule has 1 atom stereocenters. The molecule has 1 N–H and O–H groups in total. The number of ether oxygens (including phenoxy) is 2. The second kappa shape index (κ2) is 9.54. The van der Waals surface area contributed by atoms with Crippen LogP contribution in [-0.2, 0) is 14.3 Å². The van der Waals surface area contributed by atoms with E-state index in [1.165, 1.54) is 24.4 Å². The van der Waals surface area contributed by atoms with Crippen molar-refractivity contribution in [3.05, 3.63) is 65.5 Å². The number of aromatic nitrogens is 1. The number of methoxy groups -OCH3 is 1. The van der Waals surface area contributed by atoms with Crippen LogP contribution in [0.1, 0.15) is 31.0 Å². The van der Waals surface area contributed by atoms with Gasteiger partial charge >= 0.3 is 0 Å². The summed E-state index contributed by atoms with van der Waals surface area (Å²) in [7, 11) is 1.53. The molecule has 1 fully saturated rings. The quantitative estimate of drug-likeness (QED) is 0.408. The SMILES string of the molecule is COCCN1C(=O)C(=O)/C(=C(\O)c2ccncc2)C1c1cccc(OCC(C)C)c1. The first kappa shape index (κ1) is 21.5. The van der Waals surface area contributed by atoms with Crippen LogP contribution >= 0.6 is 0 Å². The van der Waals surface area contributed by atoms with E-state index in [9.17, 15) is 14.7 Å². The maximum atomic E-state index is 12.9. The van der Waals surface area contributed by atoms with Gasteiger partial charge in [-0.3, -0.25) is 14.6 Å². The van der Waals surface area contributed by atoms with Gasteiger partial charge in [0, 0.05) is 31.6 Å². The van der Waals surface area contributed by atoms with Gasteiger partial charge in [0.25, 0.3) is 11.7 Å². The highest BCUT2D eigenvalue weighted by atomic mass is 16.5. The van der Waals surface area contributed by atoms with Gasteiger partial charge in [-0.1, -0.05) is 26.0 Å². The van der Waals surface area contributed by atoms with E-state index in [4.69, 9.17) is 9.47 Å². The molecule has 1 amide bonds. The van der Waals surface area contributed by atoms with Gasteiger partial charge in [0.2, 0.25) is 0 Å². The standard InChI is InChI=1S/C23H26N2O5/c1-15(2)14-30-18-6-4-5-17(13-18)20-19(21(26)16-7-9-24-10-8-16)22(27)23(28)25(20)11-12-29-3/h4-10,13,15,20,26H,11-12,14H2,1-3H3/b21-19-. The zero-order chi connectivity index (χ0) is 21.7. The van der Waals surface area contributed by atoms with Gasteiger partial charge in [0.15, 0.2) is 0 Å². The summed E-state index contributed by atoms with van der Waals surface area (Å²) in [5, 5.41) is 10.9. The Labute approximate surface area is 175 Å². The molecule has 2 heterocycles. The normalized spacial score (nSPS) is 18.3. The molecule has 3 rings (SSSR count). The second-order valence-corrected chi connectivity index (χ2v) is 7.50. The number of carbonyl (C=O) groups excluding carboxylic acids is 2. The summed E-state index contributed by atoms with van der Waals surface area (Å²) in [5.41, 5.74) is 1.15. The van der Waals surface area contributed by atoms with Gasteiger partial charge in [0.05, 0.1) is 24.8 Å². The monoisotopic (exact) mass is 410 g/mol. The molecule has 0 aliphatic carbocycles. The lowest BCUT2D eigenvalue weighted by atomic mass is 9.95. The van der Waals surface area contributed by atoms with Crippen molar-refractivity contribution < 1.29 is 24.2 Å². The van der Waals surface area contributed by atoms with E-state index in [2.05, 4.69) is 18.8 Å². The van der Waals surface area contributed by atoms with Gasteiger partial charge in [-0.2, -0.15) is 0 Å². The van der Waals surface area contributed by atoms with E-state index < -0.39 is 17.7 Å². The number of hydrogen-bond donors (Lipinski definition) is 1. The highest BCUT2D eigenvalue weighted by Crippen LogP contribution is 2.40. The average Bonchev–Trinajstić information content (AvgIpc) is 3.01. The third-order valence-corrected chi connectivity index (χ3v) is 4.79. The van der Waals surface area contributed by atoms with Crippen LogP contribution < -0.4 is 4.74 Å². The van der Waals surface area contributed by atoms with Crippen molar-refractivity contribution in [3.8, 4) is 5.75 Å². The summed E-state index contributed by atoms with van der Waals surface area (Å²) in [6.07, 6.45) is 3.04. The Hall–Kier alpha value is -3.19. The molecular weight excluding hydrogens is 384 g/mol. The van der Waals surface area contributed by atoms with E-state index in [0.717, 1.165) is 0 Å². The topological polar surface area (TPSA) is 89.0 Å². The predicted molar refractivity (Wildman–Crippen MR) is 112 cm³/mol. The Morgan fingerprint density at radius 1 is 1.20 bits per heavy atom. The molecule has 7 heteroatoms. The maximum Gasteiger partial charge on any atom is 0.295 e. The van der Waals surface area contributed by atoms with Gasteiger partial charge < -0.3 is 19.5 Å². The number of benzene rings is 1. The summed E-state index contributed by atoms with van der Waals surface area (Å²) in [4.78, 5) is 31.0. The molecule has 0 saturated carbocycles. The number of Topliss-reactive ketones (excluding diaryl/α,β-unsaturated/α-hetero) is 1. The molecule has 158 valence electrons. The van der Waals surface area contributed by atoms with Crippen LogP contribution in [0.2, 0.25) is 0 Å². The van der Waals surface area contributed by atoms with E-state index in [-0.39, 0.29) is 24.5 Å². The lowest BCUT2D eigenvalue weighted by molar-refractivity contribution is -0.140. The number of pyridine rings is 1. The largest absolute Gasteiger partial charge is 0.507 e. The van der Waals surface area contributed by atoms with Crippen molar-refractivity contribution in [1.29, 1.82) is 0 Å². The highest BCUT2D eigenvalue weighted by molar-refractivity contribution is 6.46. The average molecular weight is 410 g/mol. The lowest BCUT2D eigenvalue weighted by Crippen LogP contribution is -2.32. The first-order valence-electron chi connectivity index (χ1n) is 9.84. The van der Waals surface area contributed by atoms with Gasteiger partial charge in [-0.05, 0) is 35.7 Å². The summed E-state index contributed by atoms with van der Waals surface area (Å²) in [6, 6.07) is 9.71. The van der Waals surface area contributed by atoms with Crippen molar-refractivity contribution in [3.63, 3.8) is 0 Å². The number of nitrogens with zero attached hydrogens (tertiary/aromatic N) is 2. The van der Waals surface area contributed by atoms with Crippen molar-refractivity contribution in [2.24, 2.45) is 5.92 Å². The molecular formula is C23H26N2O5. The Morgan fingerprint density at radius 3 is 2.60 bits per heavy atom. The summed E-state index contributed by atoms with van der Waals surface area (Å²) in [5.74, 6) is -0.621. The molecule has 1 aromatic carbocycles. The number of hydrogen-bond acceptors (Lipinski definition) is 6. The smallest absolute Gasteiger partial charge is 0.295 e. The molecule has 1 aliphatic heterocycles. The van der Waals surface area contributed by atoms with Crippen LogP contribution in [0.4, 0.5) is 0 Å². The third kappa shape index (κ3) is 4.52. The second-order valence-electron chi connectivity index (χ2n) is 7.50. The number of rotatable bonds is 8. The molecule has 0 bridgehead atoms. The van der Waals surface area contributed by atoms with Crippen molar-refractivity contribution in [1.82, 2.24) is 9.88 Å². The van der Waals surface area contributed by atoms with Gasteiger partial charge in [0.1, 0.15) is 11.5 Å². The van der Waals surface area contributed by atoms with Crippen molar-refractivity contribution >= 4 is 17.4 Å². The predicted octanol–water partition coefficient (Wildman–Crippen LogP) is 3.18. The molecule has 1 saturated heterocycles. The molecule has 1 unspecified atom stereocenters. The van der Waals surface area contributed by atoms with E-state index in [1.54, 1.807) is 18.2 Å². The minimum absolute atomic E-state index is 0.0447. The van der Waals surface area contributed by atoms with Crippen LogP contribution in [0.3, 0.4) is 0 Å². The van der Waals surface area contributed by atoms with Crippen molar-refractivity contribution in [2.45, 2.75) is 19.9 Å². The highest BCUT2D eigenvalue weighted by Gasteiger charge is 2.45. The van der Waals surface area contributed by atoms with E-state index >= 15 is 0 Å². The number of carbonyl (C=O) groups is 2.